The Hall–Kier alpha value is -6.04. The van der Waals surface area contributed by atoms with Crippen molar-refractivity contribution in [3.63, 3.8) is 0 Å². The molecule has 0 spiro atoms. The molecule has 1 aliphatic heterocycles. The fourth-order valence-corrected chi connectivity index (χ4v) is 6.56. The van der Waals surface area contributed by atoms with E-state index in [1.165, 1.54) is 11.1 Å². The summed E-state index contributed by atoms with van der Waals surface area (Å²) < 4.78 is 18.4. The van der Waals surface area contributed by atoms with E-state index in [0.717, 1.165) is 78.5 Å². The molecule has 2 aromatic heterocycles. The van der Waals surface area contributed by atoms with E-state index in [1.54, 1.807) is 12.1 Å². The Labute approximate surface area is 245 Å². The number of hydrogen-bond donors (Lipinski definition) is 0. The van der Waals surface area contributed by atoms with Crippen LogP contribution in [0.1, 0.15) is 34.6 Å². The van der Waals surface area contributed by atoms with E-state index < -0.39 is 0 Å². The average Bonchev–Trinajstić information content (AvgIpc) is 3.73. The van der Waals surface area contributed by atoms with Gasteiger partial charge in [0, 0.05) is 33.0 Å². The van der Waals surface area contributed by atoms with Gasteiger partial charge >= 0.3 is 0 Å². The second-order valence-electron chi connectivity index (χ2n) is 11.1. The van der Waals surface area contributed by atoms with Crippen LogP contribution in [-0.2, 0) is 0 Å². The summed E-state index contributed by atoms with van der Waals surface area (Å²) in [4.78, 5) is 0. The molecule has 0 bridgehead atoms. The largest absolute Gasteiger partial charge is 0.461 e. The molecule has 0 fully saturated rings. The van der Waals surface area contributed by atoms with Crippen molar-refractivity contribution in [3.05, 3.63) is 131 Å². The maximum Gasteiger partial charge on any atom is 0.135 e. The van der Waals surface area contributed by atoms with Crippen LogP contribution in [0.5, 0.6) is 5.75 Å². The van der Waals surface area contributed by atoms with Crippen LogP contribution in [0.25, 0.3) is 60.6 Å². The first-order valence-electron chi connectivity index (χ1n) is 14.1. The van der Waals surface area contributed by atoms with Crippen molar-refractivity contribution in [1.82, 2.24) is 0 Å². The summed E-state index contributed by atoms with van der Waals surface area (Å²) in [7, 11) is 0. The average molecular weight is 553 g/mol. The van der Waals surface area contributed by atoms with Gasteiger partial charge in [-0.25, -0.2) is 0 Å². The zero-order valence-electron chi connectivity index (χ0n) is 22.7. The molecule has 0 saturated carbocycles. The molecule has 7 aromatic rings. The summed E-state index contributed by atoms with van der Waals surface area (Å²) in [5.41, 5.74) is 10.1. The van der Waals surface area contributed by atoms with E-state index in [2.05, 4.69) is 66.8 Å². The highest BCUT2D eigenvalue weighted by Gasteiger charge is 2.33. The zero-order valence-corrected chi connectivity index (χ0v) is 22.7. The van der Waals surface area contributed by atoms with Crippen molar-refractivity contribution in [3.8, 4) is 29.0 Å². The molecule has 0 amide bonds. The molecule has 3 heterocycles. The minimum atomic E-state index is 0.119. The highest BCUT2D eigenvalue weighted by molar-refractivity contribution is 6.07. The van der Waals surface area contributed by atoms with Crippen molar-refractivity contribution >= 4 is 49.5 Å². The Morgan fingerprint density at radius 2 is 1.09 bits per heavy atom. The smallest absolute Gasteiger partial charge is 0.135 e. The third kappa shape index (κ3) is 3.56. The van der Waals surface area contributed by atoms with Crippen LogP contribution in [0.2, 0.25) is 0 Å². The van der Waals surface area contributed by atoms with E-state index in [0.29, 0.717) is 11.1 Å². The number of allylic oxidation sites excluding steroid dienone is 4. The molecule has 0 saturated heterocycles. The van der Waals surface area contributed by atoms with Crippen molar-refractivity contribution < 1.29 is 13.6 Å². The van der Waals surface area contributed by atoms with Gasteiger partial charge in [-0.1, -0.05) is 24.3 Å². The van der Waals surface area contributed by atoms with Gasteiger partial charge in [0.15, 0.2) is 0 Å². The summed E-state index contributed by atoms with van der Waals surface area (Å²) in [6.07, 6.45) is 5.05. The monoisotopic (exact) mass is 552 g/mol. The third-order valence-electron chi connectivity index (χ3n) is 8.73. The first-order valence-corrected chi connectivity index (χ1v) is 14.1. The van der Waals surface area contributed by atoms with Crippen LogP contribution >= 0.6 is 0 Å². The number of fused-ring (bicyclic) bond motifs is 9. The number of nitriles is 2. The Kier molecular flexibility index (Phi) is 4.80. The van der Waals surface area contributed by atoms with Crippen LogP contribution in [0.3, 0.4) is 0 Å². The lowest BCUT2D eigenvalue weighted by Crippen LogP contribution is -2.04. The highest BCUT2D eigenvalue weighted by atomic mass is 16.5. The van der Waals surface area contributed by atoms with Crippen molar-refractivity contribution in [1.29, 1.82) is 10.5 Å². The van der Waals surface area contributed by atoms with Gasteiger partial charge in [-0.3, -0.25) is 0 Å². The number of hydrogen-bond acceptors (Lipinski definition) is 5. The van der Waals surface area contributed by atoms with Crippen LogP contribution in [-0.4, -0.2) is 0 Å². The molecule has 9 rings (SSSR count). The Morgan fingerprint density at radius 1 is 0.558 bits per heavy atom. The lowest BCUT2D eigenvalue weighted by molar-refractivity contribution is 0.426. The molecular formula is C38H20N2O3. The minimum Gasteiger partial charge on any atom is -0.461 e. The summed E-state index contributed by atoms with van der Waals surface area (Å²) >= 11 is 0. The van der Waals surface area contributed by atoms with Gasteiger partial charge in [0.1, 0.15) is 33.8 Å². The van der Waals surface area contributed by atoms with Gasteiger partial charge in [-0.2, -0.15) is 10.5 Å². The third-order valence-corrected chi connectivity index (χ3v) is 8.73. The van der Waals surface area contributed by atoms with Gasteiger partial charge in [0.05, 0.1) is 23.3 Å². The molecule has 0 N–H and O–H groups in total. The van der Waals surface area contributed by atoms with E-state index in [9.17, 15) is 10.5 Å². The maximum atomic E-state index is 9.40. The number of benzene rings is 5. The second kappa shape index (κ2) is 8.73. The predicted octanol–water partition coefficient (Wildman–Crippen LogP) is 9.74. The second-order valence-corrected chi connectivity index (χ2v) is 11.1. The van der Waals surface area contributed by atoms with Crippen LogP contribution in [0, 0.1) is 22.7 Å². The Morgan fingerprint density at radius 3 is 1.74 bits per heavy atom. The van der Waals surface area contributed by atoms with E-state index in [4.69, 9.17) is 13.6 Å². The summed E-state index contributed by atoms with van der Waals surface area (Å²) in [6.45, 7) is 0. The molecule has 1 unspecified atom stereocenters. The van der Waals surface area contributed by atoms with Crippen molar-refractivity contribution in [2.45, 2.75) is 12.3 Å². The molecule has 1 aliphatic carbocycles. The van der Waals surface area contributed by atoms with Crippen molar-refractivity contribution in [2.24, 2.45) is 0 Å². The minimum absolute atomic E-state index is 0.119. The zero-order chi connectivity index (χ0) is 28.7. The Bertz CT molecular complexity index is 2490. The van der Waals surface area contributed by atoms with Gasteiger partial charge in [-0.05, 0) is 108 Å². The standard InChI is InChI=1S/C38H20N2O3/c39-19-21-1-7-33-27(13-21)29-15-23(3-9-35(29)41-33)25-5-11-37-31(17-25)32-18-26(6-12-38(32)43-37)24-4-10-36-30(16-24)28-14-22(20-40)2-8-34(28)42-36/h1-17,32H,18H2. The number of nitrogens with zero attached hydrogens (tertiary/aromatic N) is 2. The summed E-state index contributed by atoms with van der Waals surface area (Å²) in [6, 6.07) is 34.5. The van der Waals surface area contributed by atoms with Crippen LogP contribution < -0.4 is 4.74 Å². The van der Waals surface area contributed by atoms with Crippen LogP contribution in [0.15, 0.2) is 118 Å². The SMILES string of the molecule is N#Cc1ccc2oc3ccc(C4=CC=C5Oc6ccc(-c7ccc8oc9ccc(C#N)cc9c8c7)cc6C5C4)cc3c2c1. The Balaban J connectivity index is 1.08. The number of rotatable bonds is 2. The fourth-order valence-electron chi connectivity index (χ4n) is 6.56. The summed E-state index contributed by atoms with van der Waals surface area (Å²) in [5, 5.41) is 22.7. The number of furan rings is 2. The fraction of sp³-hybridized carbons (Fsp3) is 0.0526. The lowest BCUT2D eigenvalue weighted by Gasteiger charge is -2.18. The topological polar surface area (TPSA) is 83.1 Å². The maximum absolute atomic E-state index is 9.40. The molecule has 5 aromatic carbocycles. The molecular weight excluding hydrogens is 532 g/mol. The molecule has 200 valence electrons. The van der Waals surface area contributed by atoms with Gasteiger partial charge in [0.2, 0.25) is 0 Å². The van der Waals surface area contributed by atoms with Crippen molar-refractivity contribution in [2.75, 3.05) is 0 Å². The lowest BCUT2D eigenvalue weighted by atomic mass is 9.84. The molecule has 0 radical (unpaired) electrons. The van der Waals surface area contributed by atoms with Gasteiger partial charge < -0.3 is 13.6 Å². The van der Waals surface area contributed by atoms with E-state index in [-0.39, 0.29) is 5.92 Å². The first-order chi connectivity index (χ1) is 21.1. The highest BCUT2D eigenvalue weighted by Crippen LogP contribution is 2.49. The quantitative estimate of drug-likeness (QED) is 0.213. The summed E-state index contributed by atoms with van der Waals surface area (Å²) in [5.74, 6) is 1.97. The normalized spacial score (nSPS) is 15.5. The molecule has 5 heteroatoms. The first kappa shape index (κ1) is 23.6. The molecule has 1 atom stereocenters. The molecule has 2 aliphatic rings. The molecule has 43 heavy (non-hydrogen) atoms. The van der Waals surface area contributed by atoms with E-state index in [1.807, 2.05) is 36.4 Å². The number of ether oxygens (including phenoxy) is 1. The predicted molar refractivity (Wildman–Crippen MR) is 166 cm³/mol. The van der Waals surface area contributed by atoms with Gasteiger partial charge in [-0.15, -0.1) is 0 Å². The molecule has 5 nitrogen and oxygen atoms in total. The van der Waals surface area contributed by atoms with Crippen LogP contribution in [0.4, 0.5) is 0 Å². The van der Waals surface area contributed by atoms with E-state index >= 15 is 0 Å². The van der Waals surface area contributed by atoms with Gasteiger partial charge in [0.25, 0.3) is 0 Å².